The molecule has 3 nitrogen and oxygen atoms in total. The average Bonchev–Trinajstić information content (AvgIpc) is 2.86. The molecule has 0 aliphatic heterocycles. The molecule has 1 aromatic carbocycles. The molecule has 98 valence electrons. The van der Waals surface area contributed by atoms with Gasteiger partial charge in [0, 0.05) is 5.69 Å². The van der Waals surface area contributed by atoms with Crippen molar-refractivity contribution in [2.75, 3.05) is 11.6 Å². The van der Waals surface area contributed by atoms with E-state index in [2.05, 4.69) is 17.6 Å². The van der Waals surface area contributed by atoms with Crippen LogP contribution in [0.4, 0.5) is 5.69 Å². The highest BCUT2D eigenvalue weighted by Crippen LogP contribution is 2.19. The van der Waals surface area contributed by atoms with Crippen LogP contribution in [0, 0.1) is 18.3 Å². The fraction of sp³-hybridized carbons (Fsp3) is 0.267. The van der Waals surface area contributed by atoms with Gasteiger partial charge in [-0.15, -0.1) is 0 Å². The molecule has 0 spiro atoms. The van der Waals surface area contributed by atoms with Crippen molar-refractivity contribution in [1.82, 2.24) is 0 Å². The normalized spacial score (nSPS) is 10.2. The van der Waals surface area contributed by atoms with Crippen LogP contribution in [0.5, 0.6) is 0 Å². The number of nitrogens with one attached hydrogen (secondary N) is 1. The third kappa shape index (κ3) is 3.55. The SMILES string of the molecule is CSCc1ccc(CNc2cc(C#N)ccc2C)o1. The Morgan fingerprint density at radius 1 is 1.26 bits per heavy atom. The van der Waals surface area contributed by atoms with Gasteiger partial charge in [0.25, 0.3) is 0 Å². The molecule has 0 unspecified atom stereocenters. The number of rotatable bonds is 5. The summed E-state index contributed by atoms with van der Waals surface area (Å²) < 4.78 is 5.69. The van der Waals surface area contributed by atoms with E-state index in [1.54, 1.807) is 11.8 Å². The number of nitrogens with zero attached hydrogens (tertiary/aromatic N) is 1. The van der Waals surface area contributed by atoms with Crippen LogP contribution in [0.2, 0.25) is 0 Å². The minimum absolute atomic E-state index is 0.629. The first-order chi connectivity index (χ1) is 9.22. The molecule has 0 atom stereocenters. The Hall–Kier alpha value is -1.86. The van der Waals surface area contributed by atoms with Crippen LogP contribution >= 0.6 is 11.8 Å². The first-order valence-corrected chi connectivity index (χ1v) is 7.43. The predicted molar refractivity (Wildman–Crippen MR) is 79.1 cm³/mol. The van der Waals surface area contributed by atoms with Gasteiger partial charge in [-0.1, -0.05) is 6.07 Å². The summed E-state index contributed by atoms with van der Waals surface area (Å²) in [5.74, 6) is 2.79. The van der Waals surface area contributed by atoms with Crippen LogP contribution in [-0.2, 0) is 12.3 Å². The van der Waals surface area contributed by atoms with Gasteiger partial charge < -0.3 is 9.73 Å². The number of aryl methyl sites for hydroxylation is 1. The minimum atomic E-state index is 0.629. The zero-order valence-electron chi connectivity index (χ0n) is 11.1. The molecular formula is C15H16N2OS. The summed E-state index contributed by atoms with van der Waals surface area (Å²) in [5.41, 5.74) is 2.76. The standard InChI is InChI=1S/C15H16N2OS/c1-11-3-4-12(8-16)7-15(11)17-9-13-5-6-14(18-13)10-19-2/h3-7,17H,9-10H2,1-2H3. The molecule has 0 saturated heterocycles. The molecule has 0 saturated carbocycles. The van der Waals surface area contributed by atoms with Gasteiger partial charge >= 0.3 is 0 Å². The van der Waals surface area contributed by atoms with Crippen molar-refractivity contribution >= 4 is 17.4 Å². The number of anilines is 1. The van der Waals surface area contributed by atoms with E-state index in [1.807, 2.05) is 37.3 Å². The number of hydrogen-bond acceptors (Lipinski definition) is 4. The highest BCUT2D eigenvalue weighted by molar-refractivity contribution is 7.97. The molecular weight excluding hydrogens is 256 g/mol. The average molecular weight is 272 g/mol. The topological polar surface area (TPSA) is 49.0 Å². The van der Waals surface area contributed by atoms with E-state index in [4.69, 9.17) is 9.68 Å². The second-order valence-corrected chi connectivity index (χ2v) is 5.16. The quantitative estimate of drug-likeness (QED) is 0.895. The number of nitriles is 1. The Morgan fingerprint density at radius 3 is 2.79 bits per heavy atom. The summed E-state index contributed by atoms with van der Waals surface area (Å²) in [6.07, 6.45) is 2.05. The van der Waals surface area contributed by atoms with Crippen LogP contribution in [0.1, 0.15) is 22.6 Å². The first kappa shape index (κ1) is 13.6. The Morgan fingerprint density at radius 2 is 2.05 bits per heavy atom. The maximum atomic E-state index is 8.90. The molecule has 0 amide bonds. The first-order valence-electron chi connectivity index (χ1n) is 6.04. The monoisotopic (exact) mass is 272 g/mol. The summed E-state index contributed by atoms with van der Waals surface area (Å²) >= 11 is 1.74. The van der Waals surface area contributed by atoms with Crippen LogP contribution in [-0.4, -0.2) is 6.26 Å². The van der Waals surface area contributed by atoms with Gasteiger partial charge in [-0.2, -0.15) is 17.0 Å². The van der Waals surface area contributed by atoms with Crippen molar-refractivity contribution in [2.24, 2.45) is 0 Å². The number of hydrogen-bond donors (Lipinski definition) is 1. The summed E-state index contributed by atoms with van der Waals surface area (Å²) in [7, 11) is 0. The lowest BCUT2D eigenvalue weighted by molar-refractivity contribution is 0.487. The van der Waals surface area contributed by atoms with Gasteiger partial charge in [-0.25, -0.2) is 0 Å². The lowest BCUT2D eigenvalue weighted by atomic mass is 10.1. The van der Waals surface area contributed by atoms with Crippen molar-refractivity contribution in [3.8, 4) is 6.07 Å². The summed E-state index contributed by atoms with van der Waals surface area (Å²) in [5, 5.41) is 12.2. The summed E-state index contributed by atoms with van der Waals surface area (Å²) in [4.78, 5) is 0. The number of thioether (sulfide) groups is 1. The lowest BCUT2D eigenvalue weighted by Gasteiger charge is -2.08. The lowest BCUT2D eigenvalue weighted by Crippen LogP contribution is -2.00. The Balaban J connectivity index is 2.03. The number of furan rings is 1. The van der Waals surface area contributed by atoms with Crippen molar-refractivity contribution in [3.63, 3.8) is 0 Å². The fourth-order valence-corrected chi connectivity index (χ4v) is 2.24. The minimum Gasteiger partial charge on any atom is -0.463 e. The van der Waals surface area contributed by atoms with Crippen molar-refractivity contribution in [3.05, 3.63) is 53.0 Å². The fourth-order valence-electron chi connectivity index (χ4n) is 1.80. The molecule has 2 rings (SSSR count). The van der Waals surface area contributed by atoms with Crippen LogP contribution < -0.4 is 5.32 Å². The molecule has 1 N–H and O–H groups in total. The van der Waals surface area contributed by atoms with Gasteiger partial charge in [0.2, 0.25) is 0 Å². The number of benzene rings is 1. The largest absolute Gasteiger partial charge is 0.463 e. The van der Waals surface area contributed by atoms with E-state index in [9.17, 15) is 0 Å². The van der Waals surface area contributed by atoms with E-state index < -0.39 is 0 Å². The molecule has 0 aliphatic carbocycles. The van der Waals surface area contributed by atoms with E-state index in [1.165, 1.54) is 0 Å². The summed E-state index contributed by atoms with van der Waals surface area (Å²) in [6.45, 7) is 2.65. The van der Waals surface area contributed by atoms with Gasteiger partial charge in [0.1, 0.15) is 11.5 Å². The third-order valence-corrected chi connectivity index (χ3v) is 3.40. The predicted octanol–water partition coefficient (Wildman–Crippen LogP) is 3.93. The third-order valence-electron chi connectivity index (χ3n) is 2.82. The highest BCUT2D eigenvalue weighted by atomic mass is 32.2. The van der Waals surface area contributed by atoms with Gasteiger partial charge in [0.05, 0.1) is 23.9 Å². The van der Waals surface area contributed by atoms with E-state index in [0.717, 1.165) is 28.5 Å². The summed E-state index contributed by atoms with van der Waals surface area (Å²) in [6, 6.07) is 11.8. The Kier molecular flexibility index (Phi) is 4.53. The van der Waals surface area contributed by atoms with Crippen LogP contribution in [0.3, 0.4) is 0 Å². The molecule has 0 aliphatic rings. The van der Waals surface area contributed by atoms with Crippen molar-refractivity contribution in [1.29, 1.82) is 5.26 Å². The van der Waals surface area contributed by atoms with E-state index >= 15 is 0 Å². The molecule has 1 aromatic heterocycles. The second kappa shape index (κ2) is 6.35. The van der Waals surface area contributed by atoms with E-state index in [0.29, 0.717) is 12.1 Å². The molecule has 4 heteroatoms. The van der Waals surface area contributed by atoms with Crippen molar-refractivity contribution in [2.45, 2.75) is 19.2 Å². The molecule has 0 radical (unpaired) electrons. The second-order valence-electron chi connectivity index (χ2n) is 4.30. The Labute approximate surface area is 117 Å². The molecule has 19 heavy (non-hydrogen) atoms. The molecule has 1 heterocycles. The zero-order valence-corrected chi connectivity index (χ0v) is 11.9. The molecule has 2 aromatic rings. The van der Waals surface area contributed by atoms with Crippen LogP contribution in [0.15, 0.2) is 34.7 Å². The van der Waals surface area contributed by atoms with Gasteiger partial charge in [-0.05, 0) is 43.0 Å². The maximum Gasteiger partial charge on any atom is 0.123 e. The van der Waals surface area contributed by atoms with E-state index in [-0.39, 0.29) is 0 Å². The molecule has 0 fully saturated rings. The Bertz CT molecular complexity index is 598. The van der Waals surface area contributed by atoms with Crippen LogP contribution in [0.25, 0.3) is 0 Å². The van der Waals surface area contributed by atoms with Gasteiger partial charge in [-0.3, -0.25) is 0 Å². The highest BCUT2D eigenvalue weighted by Gasteiger charge is 2.04. The van der Waals surface area contributed by atoms with Gasteiger partial charge in [0.15, 0.2) is 0 Å². The molecule has 0 bridgehead atoms. The van der Waals surface area contributed by atoms with Crippen molar-refractivity contribution < 1.29 is 4.42 Å². The maximum absolute atomic E-state index is 8.90. The smallest absolute Gasteiger partial charge is 0.123 e. The zero-order chi connectivity index (χ0) is 13.7.